The van der Waals surface area contributed by atoms with Crippen LogP contribution >= 0.6 is 30.6 Å². The van der Waals surface area contributed by atoms with Crippen LogP contribution in [-0.2, 0) is 14.2 Å². The number of carboxylic acid groups (broad SMARTS) is 1. The van der Waals surface area contributed by atoms with Crippen molar-refractivity contribution in [2.24, 2.45) is 5.73 Å². The van der Waals surface area contributed by atoms with Crippen LogP contribution in [0, 0.1) is 0 Å². The largest absolute Gasteiger partial charge is 0.480 e. The number of halogens is 2. The highest BCUT2D eigenvalue weighted by atomic mass is 35.5. The van der Waals surface area contributed by atoms with Gasteiger partial charge in [0.05, 0.1) is 0 Å². The van der Waals surface area contributed by atoms with Gasteiger partial charge >= 0.3 is 5.97 Å². The molecule has 0 fully saturated rings. The normalized spacial score (nSPS) is 14.0. The molecule has 0 aliphatic carbocycles. The molecule has 10 heteroatoms. The summed E-state index contributed by atoms with van der Waals surface area (Å²) in [6, 6.07) is -1.03. The molecule has 23 heavy (non-hydrogen) atoms. The number of aliphatic carboxylic acids is 1. The van der Waals surface area contributed by atoms with Crippen molar-refractivity contribution in [1.29, 1.82) is 0 Å². The van der Waals surface area contributed by atoms with E-state index in [1.165, 1.54) is 11.6 Å². The molecular weight excluding hydrogens is 366 g/mol. The molecular formula is C13H23Cl2N2O5P. The lowest BCUT2D eigenvalue weighted by Gasteiger charge is -2.19. The second-order valence-corrected chi connectivity index (χ2v) is 8.27. The van der Waals surface area contributed by atoms with Crippen LogP contribution in [0.15, 0.2) is 25.3 Å². The Hall–Kier alpha value is -0.850. The maximum atomic E-state index is 11.2. The minimum absolute atomic E-state index is 0.0412. The summed E-state index contributed by atoms with van der Waals surface area (Å²) >= 11 is 10.8. The molecule has 0 spiro atoms. The summed E-state index contributed by atoms with van der Waals surface area (Å²) in [7, 11) is -3.10. The predicted octanol–water partition coefficient (Wildman–Crippen LogP) is 1.68. The summed E-state index contributed by atoms with van der Waals surface area (Å²) in [4.78, 5) is 30.5. The van der Waals surface area contributed by atoms with Gasteiger partial charge in [-0.25, -0.2) is 0 Å². The number of carboxylic acids is 1. The standard InChI is InChI=1S/C8H11Cl2NO.C5H12NO4P/c1-3-5-11(6-4-2)8(12)7(9)10;1-11(9,10)3-2-4(6)5(7)8/h3-4,7H,1-2,5-6H2;4H,2-3,6H2,1H3,(H,7,8)(H,9,10). The van der Waals surface area contributed by atoms with Gasteiger partial charge in [-0.15, -0.1) is 13.2 Å². The Kier molecular flexibility index (Phi) is 13.3. The summed E-state index contributed by atoms with van der Waals surface area (Å²) in [6.07, 6.45) is 3.22. The first-order chi connectivity index (χ1) is 10.5. The first-order valence-corrected chi connectivity index (χ1v) is 9.69. The van der Waals surface area contributed by atoms with Gasteiger partial charge in [0.1, 0.15) is 6.04 Å². The molecule has 0 aromatic rings. The summed E-state index contributed by atoms with van der Waals surface area (Å²) in [5.74, 6) is -1.46. The average Bonchev–Trinajstić information content (AvgIpc) is 2.43. The Balaban J connectivity index is 0. The van der Waals surface area contributed by atoms with Gasteiger partial charge in [0, 0.05) is 25.9 Å². The number of hydrogen-bond acceptors (Lipinski definition) is 4. The van der Waals surface area contributed by atoms with Crippen molar-refractivity contribution in [3.8, 4) is 0 Å². The molecule has 4 N–H and O–H groups in total. The fourth-order valence-corrected chi connectivity index (χ4v) is 2.24. The highest BCUT2D eigenvalue weighted by Crippen LogP contribution is 2.35. The van der Waals surface area contributed by atoms with Crippen LogP contribution in [0.5, 0.6) is 0 Å². The number of carbonyl (C=O) groups is 2. The number of nitrogens with two attached hydrogens (primary N) is 1. The van der Waals surface area contributed by atoms with Crippen LogP contribution in [0.1, 0.15) is 6.42 Å². The van der Waals surface area contributed by atoms with Gasteiger partial charge in [0.2, 0.25) is 0 Å². The zero-order valence-electron chi connectivity index (χ0n) is 12.9. The fourth-order valence-electron chi connectivity index (χ4n) is 1.21. The van der Waals surface area contributed by atoms with E-state index in [0.29, 0.717) is 13.1 Å². The molecule has 2 atom stereocenters. The Bertz CT molecular complexity index is 444. The minimum Gasteiger partial charge on any atom is -0.480 e. The summed E-state index contributed by atoms with van der Waals surface area (Å²) < 4.78 is 10.6. The van der Waals surface area contributed by atoms with Crippen molar-refractivity contribution >= 4 is 42.4 Å². The molecule has 7 nitrogen and oxygen atoms in total. The molecule has 1 amide bonds. The SMILES string of the molecule is C=CCN(CC=C)C(=O)C(Cl)Cl.CP(=O)(O)CCC(N)C(=O)O. The van der Waals surface area contributed by atoms with E-state index in [4.69, 9.17) is 38.9 Å². The molecule has 0 aromatic carbocycles. The number of carbonyl (C=O) groups excluding carboxylic acids is 1. The summed E-state index contributed by atoms with van der Waals surface area (Å²) in [5, 5.41) is 8.28. The van der Waals surface area contributed by atoms with E-state index >= 15 is 0 Å². The van der Waals surface area contributed by atoms with Gasteiger partial charge in [-0.05, 0) is 6.42 Å². The van der Waals surface area contributed by atoms with Gasteiger partial charge in [-0.3, -0.25) is 14.2 Å². The third-order valence-corrected chi connectivity index (χ3v) is 3.83. The van der Waals surface area contributed by atoms with E-state index in [1.54, 1.807) is 12.2 Å². The lowest BCUT2D eigenvalue weighted by atomic mass is 10.2. The minimum atomic E-state index is -3.10. The maximum absolute atomic E-state index is 11.2. The molecule has 0 aliphatic rings. The van der Waals surface area contributed by atoms with Crippen LogP contribution < -0.4 is 5.73 Å². The van der Waals surface area contributed by atoms with Crippen molar-refractivity contribution in [3.63, 3.8) is 0 Å². The summed E-state index contributed by atoms with van der Waals surface area (Å²) in [5.41, 5.74) is 5.09. The quantitative estimate of drug-likeness (QED) is 0.314. The van der Waals surface area contributed by atoms with Crippen molar-refractivity contribution < 1.29 is 24.2 Å². The van der Waals surface area contributed by atoms with Crippen LogP contribution in [0.2, 0.25) is 0 Å². The highest BCUT2D eigenvalue weighted by molar-refractivity contribution is 7.57. The van der Waals surface area contributed by atoms with Crippen molar-refractivity contribution in [1.82, 2.24) is 4.90 Å². The monoisotopic (exact) mass is 388 g/mol. The second-order valence-electron chi connectivity index (χ2n) is 4.63. The molecule has 0 rings (SSSR count). The Morgan fingerprint density at radius 1 is 1.30 bits per heavy atom. The molecule has 0 aromatic heterocycles. The molecule has 0 radical (unpaired) electrons. The van der Waals surface area contributed by atoms with E-state index in [9.17, 15) is 14.2 Å². The third kappa shape index (κ3) is 14.5. The number of rotatable bonds is 9. The molecule has 0 aliphatic heterocycles. The molecule has 0 bridgehead atoms. The molecule has 2 unspecified atom stereocenters. The van der Waals surface area contributed by atoms with Crippen molar-refractivity contribution in [2.45, 2.75) is 17.3 Å². The highest BCUT2D eigenvalue weighted by Gasteiger charge is 2.18. The van der Waals surface area contributed by atoms with Gasteiger partial charge < -0.3 is 20.6 Å². The lowest BCUT2D eigenvalue weighted by Crippen LogP contribution is -2.35. The Morgan fingerprint density at radius 3 is 2.00 bits per heavy atom. The van der Waals surface area contributed by atoms with Crippen molar-refractivity contribution in [2.75, 3.05) is 25.9 Å². The predicted molar refractivity (Wildman–Crippen MR) is 93.3 cm³/mol. The van der Waals surface area contributed by atoms with Gasteiger partial charge in [-0.2, -0.15) is 0 Å². The van der Waals surface area contributed by atoms with E-state index in [0.717, 1.165) is 0 Å². The number of hydrogen-bond donors (Lipinski definition) is 3. The molecule has 0 saturated carbocycles. The Labute approximate surface area is 146 Å². The van der Waals surface area contributed by atoms with E-state index < -0.39 is 24.2 Å². The Morgan fingerprint density at radius 2 is 1.74 bits per heavy atom. The topological polar surface area (TPSA) is 121 Å². The smallest absolute Gasteiger partial charge is 0.320 e. The van der Waals surface area contributed by atoms with Gasteiger partial charge in [-0.1, -0.05) is 35.4 Å². The van der Waals surface area contributed by atoms with Crippen LogP contribution in [0.4, 0.5) is 0 Å². The van der Waals surface area contributed by atoms with Crippen LogP contribution in [0.25, 0.3) is 0 Å². The van der Waals surface area contributed by atoms with E-state index in [2.05, 4.69) is 13.2 Å². The van der Waals surface area contributed by atoms with Crippen LogP contribution in [-0.4, -0.2) is 63.6 Å². The first-order valence-electron chi connectivity index (χ1n) is 6.52. The zero-order chi connectivity index (χ0) is 18.6. The second kappa shape index (κ2) is 12.6. The van der Waals surface area contributed by atoms with Gasteiger partial charge in [0.15, 0.2) is 12.2 Å². The number of alkyl halides is 2. The molecule has 134 valence electrons. The molecule has 0 saturated heterocycles. The fraction of sp³-hybridized carbons (Fsp3) is 0.538. The zero-order valence-corrected chi connectivity index (χ0v) is 15.3. The summed E-state index contributed by atoms with van der Waals surface area (Å²) in [6.45, 7) is 9.07. The maximum Gasteiger partial charge on any atom is 0.320 e. The third-order valence-electron chi connectivity index (χ3n) is 2.37. The lowest BCUT2D eigenvalue weighted by molar-refractivity contribution is -0.138. The molecule has 0 heterocycles. The van der Waals surface area contributed by atoms with E-state index in [1.807, 2.05) is 0 Å². The van der Waals surface area contributed by atoms with Gasteiger partial charge in [0.25, 0.3) is 5.91 Å². The average molecular weight is 389 g/mol. The van der Waals surface area contributed by atoms with Crippen molar-refractivity contribution in [3.05, 3.63) is 25.3 Å². The number of nitrogens with zero attached hydrogens (tertiary/aromatic N) is 1. The first kappa shape index (κ1) is 24.4. The van der Waals surface area contributed by atoms with Crippen LogP contribution in [0.3, 0.4) is 0 Å². The van der Waals surface area contributed by atoms with E-state index in [-0.39, 0.29) is 18.5 Å². The number of amides is 1.